The van der Waals surface area contributed by atoms with Gasteiger partial charge in [-0.3, -0.25) is 4.79 Å². The lowest BCUT2D eigenvalue weighted by atomic mass is 10.1. The second kappa shape index (κ2) is 6.78. The molecule has 0 saturated heterocycles. The first-order chi connectivity index (χ1) is 8.95. The van der Waals surface area contributed by atoms with Crippen molar-refractivity contribution in [2.45, 2.75) is 26.7 Å². The van der Waals surface area contributed by atoms with Crippen LogP contribution in [-0.2, 0) is 4.79 Å². The minimum Gasteiger partial charge on any atom is -0.478 e. The number of aryl methyl sites for hydroxylation is 1. The van der Waals surface area contributed by atoms with Crippen LogP contribution in [0.25, 0.3) is 0 Å². The average molecular weight is 264 g/mol. The fraction of sp³-hybridized carbons (Fsp3) is 0.429. The second-order valence-electron chi connectivity index (χ2n) is 4.55. The van der Waals surface area contributed by atoms with Crippen molar-refractivity contribution in [1.29, 1.82) is 0 Å². The molecule has 0 unspecified atom stereocenters. The highest BCUT2D eigenvalue weighted by molar-refractivity contribution is 5.89. The van der Waals surface area contributed by atoms with Gasteiger partial charge in [0.2, 0.25) is 5.91 Å². The molecule has 0 radical (unpaired) electrons. The zero-order chi connectivity index (χ0) is 14.4. The molecule has 5 nitrogen and oxygen atoms in total. The van der Waals surface area contributed by atoms with Crippen LogP contribution in [0.1, 0.15) is 35.7 Å². The van der Waals surface area contributed by atoms with Crippen LogP contribution in [0.3, 0.4) is 0 Å². The van der Waals surface area contributed by atoms with Crippen LogP contribution >= 0.6 is 0 Å². The zero-order valence-electron chi connectivity index (χ0n) is 11.3. The van der Waals surface area contributed by atoms with E-state index < -0.39 is 11.9 Å². The molecule has 0 bridgehead atoms. The molecular formula is C14H20N2O3. The van der Waals surface area contributed by atoms with Gasteiger partial charge in [-0.1, -0.05) is 13.3 Å². The summed E-state index contributed by atoms with van der Waals surface area (Å²) in [7, 11) is 0. The number of rotatable bonds is 7. The Bertz CT molecular complexity index is 472. The summed E-state index contributed by atoms with van der Waals surface area (Å²) in [6.07, 6.45) is 1.97. The number of carboxylic acids is 1. The van der Waals surface area contributed by atoms with Crippen LogP contribution in [0.2, 0.25) is 0 Å². The second-order valence-corrected chi connectivity index (χ2v) is 4.55. The first-order valence-electron chi connectivity index (χ1n) is 6.33. The van der Waals surface area contributed by atoms with Crippen LogP contribution in [-0.4, -0.2) is 30.1 Å². The molecule has 104 valence electrons. The van der Waals surface area contributed by atoms with E-state index in [2.05, 4.69) is 6.92 Å². The van der Waals surface area contributed by atoms with Gasteiger partial charge in [-0.05, 0) is 37.1 Å². The third kappa shape index (κ3) is 4.28. The van der Waals surface area contributed by atoms with Crippen molar-refractivity contribution in [3.05, 3.63) is 29.3 Å². The molecule has 0 atom stereocenters. The van der Waals surface area contributed by atoms with Crippen LogP contribution in [0.15, 0.2) is 18.2 Å². The smallest absolute Gasteiger partial charge is 0.335 e. The van der Waals surface area contributed by atoms with Crippen LogP contribution in [0.4, 0.5) is 5.69 Å². The number of nitrogens with two attached hydrogens (primary N) is 1. The van der Waals surface area contributed by atoms with Crippen molar-refractivity contribution in [3.63, 3.8) is 0 Å². The number of primary amides is 1. The summed E-state index contributed by atoms with van der Waals surface area (Å²) in [6, 6.07) is 4.89. The number of unbranched alkanes of at least 4 members (excludes halogenated alkanes) is 1. The monoisotopic (exact) mass is 264 g/mol. The Balaban J connectivity index is 3.00. The van der Waals surface area contributed by atoms with Gasteiger partial charge in [-0.25, -0.2) is 4.79 Å². The van der Waals surface area contributed by atoms with E-state index in [1.807, 2.05) is 11.8 Å². The third-order valence-electron chi connectivity index (χ3n) is 2.91. The molecule has 0 aromatic heterocycles. The van der Waals surface area contributed by atoms with E-state index in [9.17, 15) is 9.59 Å². The first kappa shape index (κ1) is 15.0. The van der Waals surface area contributed by atoms with Gasteiger partial charge in [-0.15, -0.1) is 0 Å². The number of hydrogen-bond donors (Lipinski definition) is 2. The largest absolute Gasteiger partial charge is 0.478 e. The van der Waals surface area contributed by atoms with Crippen molar-refractivity contribution in [2.24, 2.45) is 5.73 Å². The summed E-state index contributed by atoms with van der Waals surface area (Å²) >= 11 is 0. The number of carboxylic acid groups (broad SMARTS) is 1. The highest BCUT2D eigenvalue weighted by Crippen LogP contribution is 2.21. The number of hydrogen-bond acceptors (Lipinski definition) is 3. The first-order valence-corrected chi connectivity index (χ1v) is 6.33. The maximum atomic E-state index is 11.1. The van der Waals surface area contributed by atoms with Gasteiger partial charge in [0.1, 0.15) is 0 Å². The lowest BCUT2D eigenvalue weighted by Crippen LogP contribution is -2.35. The van der Waals surface area contributed by atoms with E-state index in [1.54, 1.807) is 18.2 Å². The maximum absolute atomic E-state index is 11.1. The minimum atomic E-state index is -0.954. The lowest BCUT2D eigenvalue weighted by molar-refractivity contribution is -0.116. The van der Waals surface area contributed by atoms with Crippen LogP contribution in [0.5, 0.6) is 0 Å². The minimum absolute atomic E-state index is 0.146. The van der Waals surface area contributed by atoms with E-state index in [0.29, 0.717) is 0 Å². The van der Waals surface area contributed by atoms with Crippen molar-refractivity contribution in [1.82, 2.24) is 0 Å². The molecule has 0 heterocycles. The van der Waals surface area contributed by atoms with Gasteiger partial charge in [0.05, 0.1) is 12.1 Å². The Labute approximate surface area is 113 Å². The number of amides is 1. The van der Waals surface area contributed by atoms with E-state index in [4.69, 9.17) is 10.8 Å². The number of nitrogens with zero attached hydrogens (tertiary/aromatic N) is 1. The lowest BCUT2D eigenvalue weighted by Gasteiger charge is -2.25. The molecule has 0 aliphatic rings. The van der Waals surface area contributed by atoms with Gasteiger partial charge in [0.25, 0.3) is 0 Å². The zero-order valence-corrected chi connectivity index (χ0v) is 11.3. The summed E-state index contributed by atoms with van der Waals surface area (Å²) in [5.74, 6) is -1.34. The van der Waals surface area contributed by atoms with Gasteiger partial charge in [0.15, 0.2) is 0 Å². The molecule has 0 saturated carbocycles. The SMILES string of the molecule is CCCCN(CC(N)=O)c1ccc(C(=O)O)cc1C. The van der Waals surface area contributed by atoms with Gasteiger partial charge in [-0.2, -0.15) is 0 Å². The Morgan fingerprint density at radius 3 is 2.53 bits per heavy atom. The van der Waals surface area contributed by atoms with Gasteiger partial charge < -0.3 is 15.7 Å². The summed E-state index contributed by atoms with van der Waals surface area (Å²) in [4.78, 5) is 23.9. The molecule has 0 aliphatic carbocycles. The van der Waals surface area contributed by atoms with Crippen molar-refractivity contribution in [3.8, 4) is 0 Å². The number of anilines is 1. The van der Waals surface area contributed by atoms with Crippen molar-refractivity contribution < 1.29 is 14.7 Å². The highest BCUT2D eigenvalue weighted by atomic mass is 16.4. The van der Waals surface area contributed by atoms with Crippen LogP contribution in [0, 0.1) is 6.92 Å². The molecule has 0 fully saturated rings. The summed E-state index contributed by atoms with van der Waals surface area (Å²) in [5, 5.41) is 8.94. The molecule has 1 rings (SSSR count). The molecule has 1 amide bonds. The van der Waals surface area contributed by atoms with E-state index >= 15 is 0 Å². The molecule has 1 aromatic rings. The third-order valence-corrected chi connectivity index (χ3v) is 2.91. The average Bonchev–Trinajstić information content (AvgIpc) is 2.34. The number of carbonyl (C=O) groups is 2. The number of carbonyl (C=O) groups excluding carboxylic acids is 1. The Morgan fingerprint density at radius 2 is 2.05 bits per heavy atom. The maximum Gasteiger partial charge on any atom is 0.335 e. The fourth-order valence-corrected chi connectivity index (χ4v) is 1.97. The Hall–Kier alpha value is -2.04. The van der Waals surface area contributed by atoms with Gasteiger partial charge in [0, 0.05) is 12.2 Å². The normalized spacial score (nSPS) is 10.2. The predicted octanol–water partition coefficient (Wildman–Crippen LogP) is 1.79. The quantitative estimate of drug-likeness (QED) is 0.786. The van der Waals surface area contributed by atoms with Gasteiger partial charge >= 0.3 is 5.97 Å². The molecule has 5 heteroatoms. The summed E-state index contributed by atoms with van der Waals surface area (Å²) in [5.41, 5.74) is 7.19. The molecule has 1 aromatic carbocycles. The van der Waals surface area contributed by atoms with E-state index in [-0.39, 0.29) is 12.1 Å². The Morgan fingerprint density at radius 1 is 1.37 bits per heavy atom. The fourth-order valence-electron chi connectivity index (χ4n) is 1.97. The van der Waals surface area contributed by atoms with Crippen molar-refractivity contribution >= 4 is 17.6 Å². The standard InChI is InChI=1S/C14H20N2O3/c1-3-4-7-16(9-13(15)17)12-6-5-11(14(18)19)8-10(12)2/h5-6,8H,3-4,7,9H2,1-2H3,(H2,15,17)(H,18,19). The number of benzene rings is 1. The molecule has 0 spiro atoms. The molecule has 3 N–H and O–H groups in total. The topological polar surface area (TPSA) is 83.6 Å². The van der Waals surface area contributed by atoms with E-state index in [1.165, 1.54) is 0 Å². The summed E-state index contributed by atoms with van der Waals surface area (Å²) < 4.78 is 0. The molecular weight excluding hydrogens is 244 g/mol. The Kier molecular flexibility index (Phi) is 5.36. The van der Waals surface area contributed by atoms with E-state index in [0.717, 1.165) is 30.6 Å². The highest BCUT2D eigenvalue weighted by Gasteiger charge is 2.13. The van der Waals surface area contributed by atoms with Crippen molar-refractivity contribution in [2.75, 3.05) is 18.0 Å². The molecule has 19 heavy (non-hydrogen) atoms. The predicted molar refractivity (Wildman–Crippen MR) is 74.5 cm³/mol. The number of aromatic carboxylic acids is 1. The summed E-state index contributed by atoms with van der Waals surface area (Å²) in [6.45, 7) is 4.78. The molecule has 0 aliphatic heterocycles. The van der Waals surface area contributed by atoms with Crippen LogP contribution < -0.4 is 10.6 Å².